The standard InChI is InChI=1S/C18H34N2.C10H13NO.C8H15N.2C2H6/c1-7-10-18(11-8-2)20-13-12-19(14-17(20)9-3)16(6)15(4)5;1-7-4-5-9(8(2)12)10(6-7)11-3;1-6(2)7(3)8(4)9-5;2*1-2/h17-18H,4,6-14H2,1-3,5H3;4-6,11H,1-3H3;9H,4H2,1-3,5H3;2*1-2H3. The fourth-order valence-corrected chi connectivity index (χ4v) is 5.03. The summed E-state index contributed by atoms with van der Waals surface area (Å²) >= 11 is 0. The number of benzene rings is 1. The summed E-state index contributed by atoms with van der Waals surface area (Å²) in [5.74, 6) is 0.0966. The van der Waals surface area contributed by atoms with E-state index in [0.29, 0.717) is 6.04 Å². The molecule has 2 rings (SSSR count). The Morgan fingerprint density at radius 2 is 1.44 bits per heavy atom. The molecule has 45 heavy (non-hydrogen) atoms. The van der Waals surface area contributed by atoms with Gasteiger partial charge in [0.25, 0.3) is 0 Å². The van der Waals surface area contributed by atoms with E-state index in [1.54, 1.807) is 6.92 Å². The van der Waals surface area contributed by atoms with Crippen LogP contribution in [0.25, 0.3) is 0 Å². The lowest BCUT2D eigenvalue weighted by molar-refractivity contribution is 0.0466. The molecule has 0 amide bonds. The van der Waals surface area contributed by atoms with Crippen molar-refractivity contribution in [3.05, 3.63) is 77.2 Å². The first kappa shape index (κ1) is 46.6. The van der Waals surface area contributed by atoms with Gasteiger partial charge in [-0.05, 0) is 89.6 Å². The molecule has 5 heteroatoms. The normalized spacial score (nSPS) is 13.6. The first-order chi connectivity index (χ1) is 21.3. The highest BCUT2D eigenvalue weighted by molar-refractivity contribution is 5.99. The van der Waals surface area contributed by atoms with Crippen molar-refractivity contribution in [1.82, 2.24) is 15.1 Å². The van der Waals surface area contributed by atoms with Crippen LogP contribution in [0, 0.1) is 6.92 Å². The van der Waals surface area contributed by atoms with Crippen LogP contribution in [0.3, 0.4) is 0 Å². The minimum Gasteiger partial charge on any atom is -0.388 e. The summed E-state index contributed by atoms with van der Waals surface area (Å²) in [5.41, 5.74) is 8.62. The molecule has 0 aromatic heterocycles. The second-order valence-electron chi connectivity index (χ2n) is 11.4. The molecule has 0 saturated carbocycles. The number of anilines is 1. The summed E-state index contributed by atoms with van der Waals surface area (Å²) in [5, 5.41) is 5.99. The Bertz CT molecular complexity index is 1010. The number of ketones is 1. The predicted octanol–water partition coefficient (Wildman–Crippen LogP) is 10.8. The van der Waals surface area contributed by atoms with Gasteiger partial charge in [0.2, 0.25) is 0 Å². The number of aryl methyl sites for hydroxylation is 1. The van der Waals surface area contributed by atoms with E-state index in [2.05, 4.69) is 88.6 Å². The SMILES string of the molecule is C=C(C)C(=C)N1CCN(C(CCC)CCC)C(CC)C1.C=C(NC)C(C)=C(C)C.CC.CC.CNc1cc(C)ccc1C(C)=O. The number of piperazine rings is 1. The second-order valence-corrected chi connectivity index (χ2v) is 11.4. The number of Topliss-reactive ketones (excluding diaryl/α,β-unsaturated/α-hetero) is 1. The van der Waals surface area contributed by atoms with Crippen LogP contribution in [0.1, 0.15) is 131 Å². The Balaban J connectivity index is -0.000000602. The quantitative estimate of drug-likeness (QED) is 0.179. The summed E-state index contributed by atoms with van der Waals surface area (Å²) in [7, 11) is 3.70. The first-order valence-corrected chi connectivity index (χ1v) is 17.4. The van der Waals surface area contributed by atoms with E-state index in [9.17, 15) is 4.79 Å². The van der Waals surface area contributed by atoms with E-state index >= 15 is 0 Å². The van der Waals surface area contributed by atoms with Gasteiger partial charge in [0.15, 0.2) is 5.78 Å². The number of likely N-dealkylation sites (N-methyl/N-ethyl adjacent to an activating group) is 1. The number of rotatable bonds is 12. The summed E-state index contributed by atoms with van der Waals surface area (Å²) in [6.07, 6.45) is 6.49. The third-order valence-corrected chi connectivity index (χ3v) is 7.91. The zero-order valence-electron chi connectivity index (χ0n) is 32.5. The number of allylic oxidation sites excluding steroid dienone is 3. The maximum absolute atomic E-state index is 11.1. The predicted molar refractivity (Wildman–Crippen MR) is 206 cm³/mol. The average molecular weight is 627 g/mol. The zero-order chi connectivity index (χ0) is 35.7. The minimum atomic E-state index is 0.0966. The van der Waals surface area contributed by atoms with Gasteiger partial charge in [-0.3, -0.25) is 9.69 Å². The largest absolute Gasteiger partial charge is 0.388 e. The van der Waals surface area contributed by atoms with E-state index in [1.807, 2.05) is 66.9 Å². The van der Waals surface area contributed by atoms with E-state index in [-0.39, 0.29) is 5.78 Å². The lowest BCUT2D eigenvalue weighted by Gasteiger charge is -2.46. The van der Waals surface area contributed by atoms with Gasteiger partial charge in [0, 0.05) is 68.5 Å². The van der Waals surface area contributed by atoms with Gasteiger partial charge in [-0.15, -0.1) is 0 Å². The molecule has 0 radical (unpaired) electrons. The number of carbonyl (C=O) groups is 1. The maximum Gasteiger partial charge on any atom is 0.161 e. The third kappa shape index (κ3) is 18.1. The van der Waals surface area contributed by atoms with Crippen LogP contribution in [0.2, 0.25) is 0 Å². The van der Waals surface area contributed by atoms with Crippen molar-refractivity contribution in [2.45, 2.75) is 134 Å². The fraction of sp³-hybridized carbons (Fsp3) is 0.625. The third-order valence-electron chi connectivity index (χ3n) is 7.91. The van der Waals surface area contributed by atoms with Gasteiger partial charge in [-0.2, -0.15) is 0 Å². The van der Waals surface area contributed by atoms with Gasteiger partial charge in [0.1, 0.15) is 0 Å². The molecular weight excluding hydrogens is 552 g/mol. The topological polar surface area (TPSA) is 47.6 Å². The van der Waals surface area contributed by atoms with Crippen LogP contribution < -0.4 is 10.6 Å². The Hall–Kier alpha value is -2.79. The molecule has 1 saturated heterocycles. The molecule has 1 fully saturated rings. The van der Waals surface area contributed by atoms with Crippen LogP contribution in [0.4, 0.5) is 5.69 Å². The van der Waals surface area contributed by atoms with E-state index in [4.69, 9.17) is 0 Å². The number of carbonyl (C=O) groups excluding carboxylic acids is 1. The highest BCUT2D eigenvalue weighted by Gasteiger charge is 2.30. The molecule has 0 aliphatic carbocycles. The molecule has 260 valence electrons. The molecule has 5 nitrogen and oxygen atoms in total. The van der Waals surface area contributed by atoms with Crippen LogP contribution in [0.15, 0.2) is 66.0 Å². The van der Waals surface area contributed by atoms with Crippen LogP contribution in [-0.2, 0) is 0 Å². The molecule has 1 aromatic rings. The summed E-state index contributed by atoms with van der Waals surface area (Å²) in [6.45, 7) is 42.3. The highest BCUT2D eigenvalue weighted by Crippen LogP contribution is 2.25. The maximum atomic E-state index is 11.1. The Kier molecular flexibility index (Phi) is 28.5. The van der Waals surface area contributed by atoms with E-state index < -0.39 is 0 Å². The molecular formula is C40H74N4O. The number of nitrogens with one attached hydrogen (secondary N) is 2. The van der Waals surface area contributed by atoms with Crippen molar-refractivity contribution < 1.29 is 4.79 Å². The van der Waals surface area contributed by atoms with Crippen molar-refractivity contribution in [2.24, 2.45) is 0 Å². The van der Waals surface area contributed by atoms with Crippen LogP contribution in [-0.4, -0.2) is 61.4 Å². The second kappa shape index (κ2) is 27.5. The molecule has 2 N–H and O–H groups in total. The Morgan fingerprint density at radius 3 is 1.80 bits per heavy atom. The van der Waals surface area contributed by atoms with Crippen LogP contribution in [0.5, 0.6) is 0 Å². The van der Waals surface area contributed by atoms with Crippen molar-refractivity contribution in [2.75, 3.05) is 39.0 Å². The van der Waals surface area contributed by atoms with Gasteiger partial charge >= 0.3 is 0 Å². The van der Waals surface area contributed by atoms with Gasteiger partial charge in [0.05, 0.1) is 0 Å². The Morgan fingerprint density at radius 1 is 0.911 bits per heavy atom. The number of nitrogens with zero attached hydrogens (tertiary/aromatic N) is 2. The molecule has 1 heterocycles. The molecule has 1 aromatic carbocycles. The Labute approximate surface area is 281 Å². The molecule has 1 aliphatic rings. The summed E-state index contributed by atoms with van der Waals surface area (Å²) < 4.78 is 0. The van der Waals surface area contributed by atoms with Crippen LogP contribution >= 0.6 is 0 Å². The fourth-order valence-electron chi connectivity index (χ4n) is 5.03. The van der Waals surface area contributed by atoms with Gasteiger partial charge < -0.3 is 15.5 Å². The molecule has 1 aliphatic heterocycles. The highest BCUT2D eigenvalue weighted by atomic mass is 16.1. The zero-order valence-corrected chi connectivity index (χ0v) is 32.5. The van der Waals surface area contributed by atoms with Gasteiger partial charge in [-0.1, -0.05) is 92.7 Å². The van der Waals surface area contributed by atoms with Gasteiger partial charge in [-0.25, -0.2) is 0 Å². The average Bonchev–Trinajstić information content (AvgIpc) is 3.05. The van der Waals surface area contributed by atoms with Crippen molar-refractivity contribution in [3.8, 4) is 0 Å². The first-order valence-electron chi connectivity index (χ1n) is 17.4. The minimum absolute atomic E-state index is 0.0966. The van der Waals surface area contributed by atoms with E-state index in [1.165, 1.54) is 49.8 Å². The number of hydrogen-bond acceptors (Lipinski definition) is 5. The molecule has 1 unspecified atom stereocenters. The van der Waals surface area contributed by atoms with E-state index in [0.717, 1.165) is 52.9 Å². The lowest BCUT2D eigenvalue weighted by atomic mass is 9.99. The lowest BCUT2D eigenvalue weighted by Crippen LogP contribution is -2.55. The van der Waals surface area contributed by atoms with Crippen molar-refractivity contribution in [1.29, 1.82) is 0 Å². The molecule has 0 bridgehead atoms. The van der Waals surface area contributed by atoms with Crippen molar-refractivity contribution in [3.63, 3.8) is 0 Å². The smallest absolute Gasteiger partial charge is 0.161 e. The molecule has 0 spiro atoms. The molecule has 1 atom stereocenters. The monoisotopic (exact) mass is 627 g/mol. The summed E-state index contributed by atoms with van der Waals surface area (Å²) in [4.78, 5) is 16.3. The summed E-state index contributed by atoms with van der Waals surface area (Å²) in [6, 6.07) is 7.20. The number of hydrogen-bond donors (Lipinski definition) is 2. The van der Waals surface area contributed by atoms with Crippen molar-refractivity contribution >= 4 is 11.5 Å².